The van der Waals surface area contributed by atoms with E-state index in [0.717, 1.165) is 5.52 Å². The highest BCUT2D eigenvalue weighted by Gasteiger charge is 2.35. The molecule has 0 bridgehead atoms. The van der Waals surface area contributed by atoms with E-state index in [0.29, 0.717) is 29.5 Å². The van der Waals surface area contributed by atoms with E-state index >= 15 is 0 Å². The van der Waals surface area contributed by atoms with Crippen molar-refractivity contribution in [1.29, 1.82) is 0 Å². The van der Waals surface area contributed by atoms with Crippen LogP contribution < -0.4 is 4.90 Å². The molecule has 1 fully saturated rings. The van der Waals surface area contributed by atoms with E-state index in [2.05, 4.69) is 4.98 Å². The number of nitro benzene ring substituents is 1. The van der Waals surface area contributed by atoms with Crippen molar-refractivity contribution in [2.24, 2.45) is 0 Å². The molecule has 3 aromatic rings. The Hall–Kier alpha value is -2.87. The molecule has 1 aliphatic rings. The summed E-state index contributed by atoms with van der Waals surface area (Å²) in [5.41, 5.74) is 1.96. The summed E-state index contributed by atoms with van der Waals surface area (Å²) in [6, 6.07) is 13.6. The van der Waals surface area contributed by atoms with Crippen LogP contribution in [-0.2, 0) is 4.79 Å². The summed E-state index contributed by atoms with van der Waals surface area (Å²) < 4.78 is 5.66. The standard InChI is InChI=1S/C17H13N3O4S/c21-16-15(25-17-18-13-6-1-2-7-14(13)24-17)8-9-19(16)11-4-3-5-12(10-11)20(22)23/h1-7,10,15H,8-9H2. The molecule has 25 heavy (non-hydrogen) atoms. The number of non-ortho nitro benzene ring substituents is 1. The van der Waals surface area contributed by atoms with Gasteiger partial charge in [0.25, 0.3) is 10.9 Å². The number of anilines is 1. The Balaban J connectivity index is 1.53. The van der Waals surface area contributed by atoms with E-state index in [1.165, 1.54) is 23.9 Å². The van der Waals surface area contributed by atoms with Gasteiger partial charge in [-0.05, 0) is 24.6 Å². The van der Waals surface area contributed by atoms with E-state index in [1.54, 1.807) is 17.0 Å². The van der Waals surface area contributed by atoms with Crippen LogP contribution in [0.4, 0.5) is 11.4 Å². The van der Waals surface area contributed by atoms with E-state index in [9.17, 15) is 14.9 Å². The normalized spacial score (nSPS) is 17.4. The fourth-order valence-corrected chi connectivity index (χ4v) is 3.80. The van der Waals surface area contributed by atoms with Gasteiger partial charge in [0.05, 0.1) is 15.9 Å². The average molecular weight is 355 g/mol. The number of oxazole rings is 1. The number of para-hydroxylation sites is 2. The van der Waals surface area contributed by atoms with Crippen LogP contribution in [0.5, 0.6) is 0 Å². The number of aromatic nitrogens is 1. The molecule has 2 heterocycles. The van der Waals surface area contributed by atoms with E-state index in [1.807, 2.05) is 24.3 Å². The molecule has 1 atom stereocenters. The second-order valence-corrected chi connectivity index (χ2v) is 6.76. The first kappa shape index (κ1) is 15.6. The molecule has 0 radical (unpaired) electrons. The maximum atomic E-state index is 12.7. The lowest BCUT2D eigenvalue weighted by Gasteiger charge is -2.16. The second kappa shape index (κ2) is 6.21. The maximum Gasteiger partial charge on any atom is 0.271 e. The van der Waals surface area contributed by atoms with Crippen LogP contribution in [0.15, 0.2) is 58.2 Å². The number of hydrogen-bond acceptors (Lipinski definition) is 6. The van der Waals surface area contributed by atoms with Crippen molar-refractivity contribution < 1.29 is 14.1 Å². The molecule has 8 heteroatoms. The van der Waals surface area contributed by atoms with E-state index < -0.39 is 4.92 Å². The van der Waals surface area contributed by atoms with Crippen molar-refractivity contribution in [2.75, 3.05) is 11.4 Å². The number of fused-ring (bicyclic) bond motifs is 1. The Morgan fingerprint density at radius 3 is 2.88 bits per heavy atom. The van der Waals surface area contributed by atoms with Crippen LogP contribution in [0.1, 0.15) is 6.42 Å². The zero-order valence-electron chi connectivity index (χ0n) is 13.0. The zero-order valence-corrected chi connectivity index (χ0v) is 13.8. The highest BCUT2D eigenvalue weighted by molar-refractivity contribution is 8.00. The van der Waals surface area contributed by atoms with Crippen LogP contribution in [0, 0.1) is 10.1 Å². The molecule has 1 amide bonds. The second-order valence-electron chi connectivity index (χ2n) is 5.61. The molecule has 0 aliphatic carbocycles. The van der Waals surface area contributed by atoms with Crippen molar-refractivity contribution in [1.82, 2.24) is 4.98 Å². The average Bonchev–Trinajstić information content (AvgIpc) is 3.19. The topological polar surface area (TPSA) is 89.5 Å². The van der Waals surface area contributed by atoms with E-state index in [4.69, 9.17) is 4.42 Å². The lowest BCUT2D eigenvalue weighted by molar-refractivity contribution is -0.384. The first-order valence-electron chi connectivity index (χ1n) is 7.70. The highest BCUT2D eigenvalue weighted by atomic mass is 32.2. The molecule has 1 unspecified atom stereocenters. The minimum absolute atomic E-state index is 0.0275. The summed E-state index contributed by atoms with van der Waals surface area (Å²) in [4.78, 5) is 29.1. The predicted molar refractivity (Wildman–Crippen MR) is 93.7 cm³/mol. The fraction of sp³-hybridized carbons (Fsp3) is 0.176. The minimum Gasteiger partial charge on any atom is -0.431 e. The first-order valence-corrected chi connectivity index (χ1v) is 8.58. The molecule has 2 aromatic carbocycles. The van der Waals surface area contributed by atoms with Crippen LogP contribution in [0.2, 0.25) is 0 Å². The Morgan fingerprint density at radius 1 is 1.24 bits per heavy atom. The first-order chi connectivity index (χ1) is 12.1. The summed E-state index contributed by atoms with van der Waals surface area (Å²) in [5, 5.41) is 11.1. The van der Waals surface area contributed by atoms with Crippen molar-refractivity contribution in [3.63, 3.8) is 0 Å². The van der Waals surface area contributed by atoms with Crippen LogP contribution in [0.25, 0.3) is 11.1 Å². The Bertz CT molecular complexity index is 938. The van der Waals surface area contributed by atoms with Gasteiger partial charge in [-0.25, -0.2) is 4.98 Å². The quantitative estimate of drug-likeness (QED) is 0.524. The van der Waals surface area contributed by atoms with Crippen molar-refractivity contribution in [3.05, 3.63) is 58.6 Å². The van der Waals surface area contributed by atoms with Crippen molar-refractivity contribution >= 4 is 40.1 Å². The predicted octanol–water partition coefficient (Wildman–Crippen LogP) is 3.63. The number of benzene rings is 2. The van der Waals surface area contributed by atoms with Crippen molar-refractivity contribution in [2.45, 2.75) is 16.9 Å². The minimum atomic E-state index is -0.464. The number of amides is 1. The largest absolute Gasteiger partial charge is 0.431 e. The summed E-state index contributed by atoms with van der Waals surface area (Å²) in [6.07, 6.45) is 0.630. The smallest absolute Gasteiger partial charge is 0.271 e. The molecule has 1 aromatic heterocycles. The fourth-order valence-electron chi connectivity index (χ4n) is 2.82. The molecule has 1 aliphatic heterocycles. The maximum absolute atomic E-state index is 12.7. The highest BCUT2D eigenvalue weighted by Crippen LogP contribution is 2.34. The van der Waals surface area contributed by atoms with Gasteiger partial charge in [0.15, 0.2) is 5.58 Å². The molecular formula is C17H13N3O4S. The lowest BCUT2D eigenvalue weighted by Crippen LogP contribution is -2.28. The van der Waals surface area contributed by atoms with Gasteiger partial charge in [-0.2, -0.15) is 0 Å². The van der Waals surface area contributed by atoms with E-state index in [-0.39, 0.29) is 16.8 Å². The van der Waals surface area contributed by atoms with Gasteiger partial charge in [0.2, 0.25) is 5.91 Å². The molecule has 126 valence electrons. The molecule has 0 N–H and O–H groups in total. The molecule has 4 rings (SSSR count). The summed E-state index contributed by atoms with van der Waals surface area (Å²) >= 11 is 1.29. The number of nitro groups is 1. The van der Waals surface area contributed by atoms with Gasteiger partial charge < -0.3 is 9.32 Å². The lowest BCUT2D eigenvalue weighted by atomic mass is 10.2. The van der Waals surface area contributed by atoms with Gasteiger partial charge in [0.1, 0.15) is 5.52 Å². The van der Waals surface area contributed by atoms with Crippen LogP contribution in [0.3, 0.4) is 0 Å². The molecule has 1 saturated heterocycles. The molecule has 0 saturated carbocycles. The monoisotopic (exact) mass is 355 g/mol. The number of carbonyl (C=O) groups excluding carboxylic acids is 1. The third-order valence-corrected chi connectivity index (χ3v) is 5.12. The van der Waals surface area contributed by atoms with Gasteiger partial charge in [-0.15, -0.1) is 0 Å². The third-order valence-electron chi connectivity index (χ3n) is 4.03. The van der Waals surface area contributed by atoms with Gasteiger partial charge in [0, 0.05) is 18.7 Å². The van der Waals surface area contributed by atoms with Gasteiger partial charge in [-0.3, -0.25) is 14.9 Å². The SMILES string of the molecule is O=C1C(Sc2nc3ccccc3o2)CCN1c1cccc([N+](=O)[O-])c1. The Morgan fingerprint density at radius 2 is 2.08 bits per heavy atom. The number of carbonyl (C=O) groups is 1. The summed E-state index contributed by atoms with van der Waals surface area (Å²) in [7, 11) is 0. The number of hydrogen-bond donors (Lipinski definition) is 0. The summed E-state index contributed by atoms with van der Waals surface area (Å²) in [5.74, 6) is -0.0900. The Kier molecular flexibility index (Phi) is 3.89. The summed E-state index contributed by atoms with van der Waals surface area (Å²) in [6.45, 7) is 0.512. The third kappa shape index (κ3) is 2.96. The molecular weight excluding hydrogens is 342 g/mol. The van der Waals surface area contributed by atoms with Crippen LogP contribution in [-0.4, -0.2) is 27.6 Å². The van der Waals surface area contributed by atoms with Gasteiger partial charge >= 0.3 is 0 Å². The molecule has 7 nitrogen and oxygen atoms in total. The zero-order chi connectivity index (χ0) is 17.4. The number of thioether (sulfide) groups is 1. The van der Waals surface area contributed by atoms with Gasteiger partial charge in [-0.1, -0.05) is 30.0 Å². The number of nitrogens with zero attached hydrogens (tertiary/aromatic N) is 3. The van der Waals surface area contributed by atoms with Crippen LogP contribution >= 0.6 is 11.8 Å². The Labute approximate surface area is 146 Å². The molecule has 0 spiro atoms. The number of rotatable bonds is 4. The van der Waals surface area contributed by atoms with Crippen molar-refractivity contribution in [3.8, 4) is 0 Å².